The molecule has 6 rings (SSSR count). The molecule has 0 bridgehead atoms. The Labute approximate surface area is 240 Å². The minimum atomic E-state index is -4.38. The maximum absolute atomic E-state index is 16.0. The second-order valence-electron chi connectivity index (χ2n) is 11.1. The van der Waals surface area contributed by atoms with Gasteiger partial charge in [0.1, 0.15) is 24.0 Å². The maximum Gasteiger partial charge on any atom is 0.459 e. The first-order chi connectivity index (χ1) is 19.9. The monoisotopic (exact) mass is 605 g/mol. The van der Waals surface area contributed by atoms with Crippen LogP contribution in [0.5, 0.6) is 5.75 Å². The van der Waals surface area contributed by atoms with Crippen molar-refractivity contribution in [1.82, 2.24) is 24.6 Å². The first-order valence-corrected chi connectivity index (χ1v) is 15.2. The van der Waals surface area contributed by atoms with Crippen LogP contribution in [0.15, 0.2) is 36.7 Å². The Balaban J connectivity index is 1.22. The number of para-hydroxylation sites is 1. The molecule has 3 aromatic rings. The summed E-state index contributed by atoms with van der Waals surface area (Å²) in [5.74, 6) is -0.0204. The number of imidazole rings is 1. The summed E-state index contributed by atoms with van der Waals surface area (Å²) in [4.78, 5) is 27.4. The number of nitrogens with two attached hydrogens (primary N) is 1. The number of benzene rings is 1. The third kappa shape index (κ3) is 5.09. The Morgan fingerprint density at radius 3 is 2.62 bits per heavy atom. The van der Waals surface area contributed by atoms with E-state index in [0.29, 0.717) is 17.4 Å². The van der Waals surface area contributed by atoms with Crippen LogP contribution in [0.3, 0.4) is 0 Å². The predicted octanol–water partition coefficient (Wildman–Crippen LogP) is 2.49. The fourth-order valence-electron chi connectivity index (χ4n) is 5.08. The highest BCUT2D eigenvalue weighted by Crippen LogP contribution is 2.62. The molecule has 4 N–H and O–H groups in total. The minimum Gasteiger partial charge on any atom is -0.462 e. The van der Waals surface area contributed by atoms with Gasteiger partial charge in [0.2, 0.25) is 5.95 Å². The Morgan fingerprint density at radius 2 is 2.00 bits per heavy atom. The molecule has 3 aliphatic rings. The van der Waals surface area contributed by atoms with Crippen molar-refractivity contribution in [2.24, 2.45) is 0 Å². The van der Waals surface area contributed by atoms with Crippen molar-refractivity contribution >= 4 is 36.6 Å². The number of carbonyl (C=O) groups excluding carboxylic acids is 1. The second kappa shape index (κ2) is 10.4. The van der Waals surface area contributed by atoms with Gasteiger partial charge in [-0.25, -0.2) is 13.9 Å². The van der Waals surface area contributed by atoms with Crippen LogP contribution in [-0.2, 0) is 23.4 Å². The quantitative estimate of drug-likeness (QED) is 0.215. The molecule has 3 heterocycles. The number of alkyl halides is 1. The number of halogens is 1. The van der Waals surface area contributed by atoms with E-state index in [2.05, 4.69) is 20.0 Å². The third-order valence-corrected chi connectivity index (χ3v) is 9.12. The van der Waals surface area contributed by atoms with Crippen molar-refractivity contribution in [3.05, 3.63) is 36.7 Å². The summed E-state index contributed by atoms with van der Waals surface area (Å²) in [5, 5.41) is 13.8. The van der Waals surface area contributed by atoms with E-state index in [0.717, 1.165) is 12.8 Å². The fraction of sp³-hybridized carbons (Fsp3) is 0.538. The molecular weight excluding hydrogens is 572 g/mol. The molecule has 1 aliphatic heterocycles. The molecule has 2 aliphatic carbocycles. The van der Waals surface area contributed by atoms with Gasteiger partial charge in [-0.1, -0.05) is 18.2 Å². The van der Waals surface area contributed by atoms with Crippen LogP contribution in [0.25, 0.3) is 11.2 Å². The average molecular weight is 606 g/mol. The van der Waals surface area contributed by atoms with Gasteiger partial charge < -0.3 is 29.7 Å². The van der Waals surface area contributed by atoms with Gasteiger partial charge in [-0.05, 0) is 45.7 Å². The number of carbonyl (C=O) groups is 1. The van der Waals surface area contributed by atoms with Crippen LogP contribution < -0.4 is 20.2 Å². The molecule has 3 fully saturated rings. The summed E-state index contributed by atoms with van der Waals surface area (Å²) >= 11 is 0. The second-order valence-corrected chi connectivity index (χ2v) is 12.7. The number of nitrogens with zero attached hydrogens (tertiary/aromatic N) is 5. The largest absolute Gasteiger partial charge is 0.462 e. The Hall–Kier alpha value is -3.36. The van der Waals surface area contributed by atoms with Crippen molar-refractivity contribution < 1.29 is 37.4 Å². The van der Waals surface area contributed by atoms with E-state index < -0.39 is 56.1 Å². The summed E-state index contributed by atoms with van der Waals surface area (Å²) in [6.07, 6.45) is -2.94. The van der Waals surface area contributed by atoms with E-state index >= 15 is 4.39 Å². The van der Waals surface area contributed by atoms with Gasteiger partial charge in [-0.3, -0.25) is 13.9 Å². The van der Waals surface area contributed by atoms with E-state index in [-0.39, 0.29) is 17.3 Å². The Kier molecular flexibility index (Phi) is 7.13. The van der Waals surface area contributed by atoms with Gasteiger partial charge in [0.05, 0.1) is 12.4 Å². The van der Waals surface area contributed by atoms with Crippen LogP contribution in [0.4, 0.5) is 16.2 Å². The standard InChI is InChI=1S/C26H33FN7O7P/c1-13(2)38-24(35)14(3)32-42(37,40-16-8-6-5-7-9-16)41-20-19-26(20,36)18(27)23(39-19)34-12-29-17-21(33(4)15-10-11-15)30-25(28)31-22(17)34/h5-9,12-15,18-20,23,36H,10-11H2,1-4H3,(H,32,37)(H2,28,30,31)/t14-,18+,19+,20?,23+,26-,42+/m0/s1. The molecule has 2 saturated carbocycles. The smallest absolute Gasteiger partial charge is 0.459 e. The highest BCUT2D eigenvalue weighted by Gasteiger charge is 2.80. The molecule has 1 unspecified atom stereocenters. The van der Waals surface area contributed by atoms with Crippen molar-refractivity contribution in [3.8, 4) is 5.75 Å². The van der Waals surface area contributed by atoms with E-state index in [1.165, 1.54) is 30.0 Å². The van der Waals surface area contributed by atoms with Crippen LogP contribution in [0.2, 0.25) is 0 Å². The molecule has 0 spiro atoms. The minimum absolute atomic E-state index is 0.0135. The predicted molar refractivity (Wildman–Crippen MR) is 148 cm³/mol. The highest BCUT2D eigenvalue weighted by atomic mass is 31.2. The summed E-state index contributed by atoms with van der Waals surface area (Å²) in [6, 6.07) is 7.31. The number of aromatic nitrogens is 4. The van der Waals surface area contributed by atoms with Gasteiger partial charge in [0.15, 0.2) is 35.0 Å². The lowest BCUT2D eigenvalue weighted by molar-refractivity contribution is -0.149. The summed E-state index contributed by atoms with van der Waals surface area (Å²) in [7, 11) is -2.49. The van der Waals surface area contributed by atoms with Crippen molar-refractivity contribution in [3.63, 3.8) is 0 Å². The normalized spacial score (nSPS) is 28.7. The van der Waals surface area contributed by atoms with E-state index in [1.807, 2.05) is 11.9 Å². The van der Waals surface area contributed by atoms with Crippen molar-refractivity contribution in [1.29, 1.82) is 0 Å². The zero-order valence-corrected chi connectivity index (χ0v) is 24.3. The van der Waals surface area contributed by atoms with Gasteiger partial charge in [0, 0.05) is 13.1 Å². The summed E-state index contributed by atoms with van der Waals surface area (Å²) < 4.78 is 53.6. The first-order valence-electron chi connectivity index (χ1n) is 13.7. The van der Waals surface area contributed by atoms with Crippen LogP contribution in [-0.4, -0.2) is 79.8 Å². The third-order valence-electron chi connectivity index (χ3n) is 7.46. The van der Waals surface area contributed by atoms with Crippen LogP contribution >= 0.6 is 7.75 Å². The van der Waals surface area contributed by atoms with Gasteiger partial charge in [-0.15, -0.1) is 0 Å². The lowest BCUT2D eigenvalue weighted by atomic mass is 10.2. The van der Waals surface area contributed by atoms with Crippen molar-refractivity contribution in [2.75, 3.05) is 17.7 Å². The summed E-state index contributed by atoms with van der Waals surface area (Å²) in [6.45, 7) is 4.77. The first kappa shape index (κ1) is 28.7. The average Bonchev–Trinajstić information content (AvgIpc) is 3.79. The number of fused-ring (bicyclic) bond motifs is 2. The number of hydrogen-bond acceptors (Lipinski definition) is 12. The molecule has 42 heavy (non-hydrogen) atoms. The number of esters is 1. The Morgan fingerprint density at radius 1 is 1.29 bits per heavy atom. The molecule has 7 atom stereocenters. The van der Waals surface area contributed by atoms with Crippen LogP contribution in [0.1, 0.15) is 39.8 Å². The number of ether oxygens (including phenoxy) is 2. The van der Waals surface area contributed by atoms with Gasteiger partial charge in [-0.2, -0.15) is 15.1 Å². The Bertz CT molecular complexity index is 1540. The molecule has 226 valence electrons. The van der Waals surface area contributed by atoms with Gasteiger partial charge >= 0.3 is 13.7 Å². The topological polar surface area (TPSA) is 176 Å². The van der Waals surface area contributed by atoms with E-state index in [9.17, 15) is 14.5 Å². The molecule has 1 aromatic carbocycles. The number of nitrogen functional groups attached to an aromatic ring is 1. The molecule has 0 radical (unpaired) electrons. The lowest BCUT2D eigenvalue weighted by Crippen LogP contribution is -2.38. The molecule has 1 saturated heterocycles. The number of anilines is 2. The zero-order valence-electron chi connectivity index (χ0n) is 23.5. The lowest BCUT2D eigenvalue weighted by Gasteiger charge is -2.26. The molecule has 14 nitrogen and oxygen atoms in total. The number of aliphatic hydroxyl groups is 1. The van der Waals surface area contributed by atoms with Crippen molar-refractivity contribution in [2.45, 2.75) is 82.0 Å². The number of rotatable bonds is 11. The zero-order chi connectivity index (χ0) is 30.0. The number of hydrogen-bond donors (Lipinski definition) is 3. The highest BCUT2D eigenvalue weighted by molar-refractivity contribution is 7.52. The SMILES string of the molecule is CC(C)OC(=O)[C@H](C)N[P@@](=O)(Oc1ccccc1)OC1[C@H]2O[C@@H](n3cnc4c(N(C)C5CC5)nc(N)nc43)[C@@H](F)[C@@]12O. The molecule has 0 amide bonds. The van der Waals surface area contributed by atoms with E-state index in [4.69, 9.17) is 24.3 Å². The molecule has 2 aromatic heterocycles. The molecular formula is C26H33FN7O7P. The van der Waals surface area contributed by atoms with Gasteiger partial charge in [0.25, 0.3) is 0 Å². The van der Waals surface area contributed by atoms with E-state index in [1.54, 1.807) is 32.0 Å². The van der Waals surface area contributed by atoms with Crippen LogP contribution in [0, 0.1) is 0 Å². The molecule has 16 heteroatoms. The number of nitrogens with one attached hydrogen (secondary N) is 1. The maximum atomic E-state index is 16.0. The fourth-order valence-corrected chi connectivity index (χ4v) is 6.79. The summed E-state index contributed by atoms with van der Waals surface area (Å²) in [5.41, 5.74) is 4.48.